The van der Waals surface area contributed by atoms with Crippen LogP contribution in [0.15, 0.2) is 18.2 Å². The summed E-state index contributed by atoms with van der Waals surface area (Å²) in [7, 11) is 0. The molecule has 0 aromatic heterocycles. The van der Waals surface area contributed by atoms with Gasteiger partial charge in [-0.1, -0.05) is 30.5 Å². The van der Waals surface area contributed by atoms with Gasteiger partial charge in [-0.25, -0.2) is 4.39 Å². The van der Waals surface area contributed by atoms with E-state index in [1.807, 2.05) is 0 Å². The highest BCUT2D eigenvalue weighted by atomic mass is 35.5. The lowest BCUT2D eigenvalue weighted by atomic mass is 10.0. The summed E-state index contributed by atoms with van der Waals surface area (Å²) < 4.78 is 13.4. The maximum absolute atomic E-state index is 13.4. The molecule has 16 heavy (non-hydrogen) atoms. The molecule has 1 fully saturated rings. The first-order valence-corrected chi connectivity index (χ1v) is 6.15. The highest BCUT2D eigenvalue weighted by molar-refractivity contribution is 6.31. The smallest absolute Gasteiger partial charge is 0.127 e. The van der Waals surface area contributed by atoms with E-state index in [0.717, 1.165) is 18.8 Å². The van der Waals surface area contributed by atoms with Gasteiger partial charge in [0.1, 0.15) is 5.82 Å². The van der Waals surface area contributed by atoms with E-state index in [4.69, 9.17) is 11.6 Å². The second kappa shape index (κ2) is 5.15. The van der Waals surface area contributed by atoms with Crippen molar-refractivity contribution < 1.29 is 9.50 Å². The van der Waals surface area contributed by atoms with Crippen LogP contribution in [-0.2, 0) is 6.42 Å². The molecule has 3 heteroatoms. The van der Waals surface area contributed by atoms with Gasteiger partial charge in [0.25, 0.3) is 0 Å². The van der Waals surface area contributed by atoms with Crippen molar-refractivity contribution in [2.75, 3.05) is 0 Å². The number of hydrogen-bond acceptors (Lipinski definition) is 1. The van der Waals surface area contributed by atoms with Crippen LogP contribution in [0.25, 0.3) is 0 Å². The van der Waals surface area contributed by atoms with Gasteiger partial charge in [-0.3, -0.25) is 0 Å². The standard InChI is InChI=1S/C13H16ClFO/c14-12-2-1-3-13(15)11(12)8-10(16)7-6-9-4-5-9/h1-3,9-10,16H,4-8H2. The molecule has 1 N–H and O–H groups in total. The highest BCUT2D eigenvalue weighted by Crippen LogP contribution is 2.34. The minimum Gasteiger partial charge on any atom is -0.393 e. The van der Waals surface area contributed by atoms with Crippen LogP contribution in [0.3, 0.4) is 0 Å². The topological polar surface area (TPSA) is 20.2 Å². The molecule has 0 aliphatic heterocycles. The summed E-state index contributed by atoms with van der Waals surface area (Å²) in [5, 5.41) is 10.2. The monoisotopic (exact) mass is 242 g/mol. The van der Waals surface area contributed by atoms with E-state index in [0.29, 0.717) is 17.0 Å². The molecule has 1 aliphatic carbocycles. The minimum atomic E-state index is -0.477. The zero-order chi connectivity index (χ0) is 11.5. The van der Waals surface area contributed by atoms with Crippen molar-refractivity contribution >= 4 is 11.6 Å². The summed E-state index contributed by atoms with van der Waals surface area (Å²) in [4.78, 5) is 0. The number of hydrogen-bond donors (Lipinski definition) is 1. The summed E-state index contributed by atoms with van der Waals surface area (Å²) in [6.07, 6.45) is 4.20. The van der Waals surface area contributed by atoms with Gasteiger partial charge in [0.2, 0.25) is 0 Å². The first kappa shape index (κ1) is 11.9. The Bertz CT molecular complexity index is 343. The molecular formula is C13H16ClFO. The average Bonchev–Trinajstić information content (AvgIpc) is 3.04. The van der Waals surface area contributed by atoms with Crippen molar-refractivity contribution in [2.24, 2.45) is 5.92 Å². The number of rotatable bonds is 5. The van der Waals surface area contributed by atoms with Crippen molar-refractivity contribution in [3.63, 3.8) is 0 Å². The predicted molar refractivity (Wildman–Crippen MR) is 63.1 cm³/mol. The summed E-state index contributed by atoms with van der Waals surface area (Å²) in [5.41, 5.74) is 0.437. The SMILES string of the molecule is OC(CCC1CC1)Cc1c(F)cccc1Cl. The fraction of sp³-hybridized carbons (Fsp3) is 0.538. The van der Waals surface area contributed by atoms with Gasteiger partial charge in [-0.2, -0.15) is 0 Å². The third-order valence-electron chi connectivity index (χ3n) is 3.11. The first-order valence-electron chi connectivity index (χ1n) is 5.77. The van der Waals surface area contributed by atoms with Gasteiger partial charge in [-0.15, -0.1) is 0 Å². The lowest BCUT2D eigenvalue weighted by molar-refractivity contribution is 0.159. The van der Waals surface area contributed by atoms with Gasteiger partial charge in [0.15, 0.2) is 0 Å². The fourth-order valence-corrected chi connectivity index (χ4v) is 2.14. The molecular weight excluding hydrogens is 227 g/mol. The molecule has 1 saturated carbocycles. The van der Waals surface area contributed by atoms with Crippen molar-refractivity contribution in [3.05, 3.63) is 34.6 Å². The Kier molecular flexibility index (Phi) is 3.82. The molecule has 0 heterocycles. The Hall–Kier alpha value is -0.600. The third-order valence-corrected chi connectivity index (χ3v) is 3.46. The van der Waals surface area contributed by atoms with Crippen molar-refractivity contribution in [1.29, 1.82) is 0 Å². The Morgan fingerprint density at radius 2 is 2.19 bits per heavy atom. The van der Waals surface area contributed by atoms with Crippen molar-refractivity contribution in [3.8, 4) is 0 Å². The lowest BCUT2D eigenvalue weighted by Crippen LogP contribution is -2.12. The molecule has 0 amide bonds. The Morgan fingerprint density at radius 1 is 1.44 bits per heavy atom. The number of benzene rings is 1. The van der Waals surface area contributed by atoms with Crippen LogP contribution in [0.1, 0.15) is 31.2 Å². The molecule has 88 valence electrons. The number of aliphatic hydroxyl groups excluding tert-OH is 1. The summed E-state index contributed by atoms with van der Waals surface area (Å²) in [6, 6.07) is 4.63. The lowest BCUT2D eigenvalue weighted by Gasteiger charge is -2.12. The minimum absolute atomic E-state index is 0.318. The average molecular weight is 243 g/mol. The van der Waals surface area contributed by atoms with Crippen molar-refractivity contribution in [1.82, 2.24) is 0 Å². The van der Waals surface area contributed by atoms with E-state index in [1.165, 1.54) is 18.9 Å². The molecule has 0 spiro atoms. The molecule has 1 nitrogen and oxygen atoms in total. The predicted octanol–water partition coefficient (Wildman–Crippen LogP) is 3.57. The quantitative estimate of drug-likeness (QED) is 0.837. The highest BCUT2D eigenvalue weighted by Gasteiger charge is 2.22. The molecule has 1 atom stereocenters. The van der Waals surface area contributed by atoms with Gasteiger partial charge in [0, 0.05) is 17.0 Å². The van der Waals surface area contributed by atoms with E-state index in [9.17, 15) is 9.50 Å². The third kappa shape index (κ3) is 3.19. The van der Waals surface area contributed by atoms with E-state index >= 15 is 0 Å². The van der Waals surface area contributed by atoms with Crippen LogP contribution >= 0.6 is 11.6 Å². The summed E-state index contributed by atoms with van der Waals surface area (Å²) in [6.45, 7) is 0. The molecule has 1 aliphatic rings. The molecule has 1 unspecified atom stereocenters. The molecule has 0 radical (unpaired) electrons. The van der Waals surface area contributed by atoms with Gasteiger partial charge >= 0.3 is 0 Å². The van der Waals surface area contributed by atoms with E-state index < -0.39 is 6.10 Å². The maximum Gasteiger partial charge on any atom is 0.127 e. The first-order chi connectivity index (χ1) is 7.66. The van der Waals surface area contributed by atoms with Crippen LogP contribution in [0.2, 0.25) is 5.02 Å². The summed E-state index contributed by atoms with van der Waals surface area (Å²) >= 11 is 5.90. The van der Waals surface area contributed by atoms with Crippen molar-refractivity contribution in [2.45, 2.75) is 38.2 Å². The fourth-order valence-electron chi connectivity index (χ4n) is 1.90. The van der Waals surface area contributed by atoms with E-state index in [2.05, 4.69) is 0 Å². The zero-order valence-corrected chi connectivity index (χ0v) is 9.88. The van der Waals surface area contributed by atoms with Crippen LogP contribution in [-0.4, -0.2) is 11.2 Å². The summed E-state index contributed by atoms with van der Waals surface area (Å²) in [5.74, 6) is 0.476. The number of aliphatic hydroxyl groups is 1. The maximum atomic E-state index is 13.4. The molecule has 1 aromatic rings. The van der Waals surface area contributed by atoms with Crippen LogP contribution < -0.4 is 0 Å². The molecule has 1 aromatic carbocycles. The molecule has 0 saturated heterocycles. The second-order valence-corrected chi connectivity index (χ2v) is 4.99. The van der Waals surface area contributed by atoms with E-state index in [-0.39, 0.29) is 5.82 Å². The normalized spacial score (nSPS) is 17.4. The zero-order valence-electron chi connectivity index (χ0n) is 9.13. The Labute approximate surface area is 100 Å². The number of halogens is 2. The Morgan fingerprint density at radius 3 is 2.81 bits per heavy atom. The van der Waals surface area contributed by atoms with Crippen LogP contribution in [0.5, 0.6) is 0 Å². The largest absolute Gasteiger partial charge is 0.393 e. The van der Waals surface area contributed by atoms with Gasteiger partial charge < -0.3 is 5.11 Å². The Balaban J connectivity index is 1.91. The van der Waals surface area contributed by atoms with E-state index in [1.54, 1.807) is 12.1 Å². The molecule has 0 bridgehead atoms. The van der Waals surface area contributed by atoms with Crippen LogP contribution in [0.4, 0.5) is 4.39 Å². The second-order valence-electron chi connectivity index (χ2n) is 4.58. The van der Waals surface area contributed by atoms with Crippen LogP contribution in [0, 0.1) is 11.7 Å². The van der Waals surface area contributed by atoms with Gasteiger partial charge in [0.05, 0.1) is 6.10 Å². The van der Waals surface area contributed by atoms with Gasteiger partial charge in [-0.05, 0) is 30.9 Å². The molecule has 2 rings (SSSR count).